The molecule has 1 saturated heterocycles. The molecule has 118 valence electrons. The molecule has 21 heavy (non-hydrogen) atoms. The van der Waals surface area contributed by atoms with Crippen molar-refractivity contribution in [3.05, 3.63) is 20.8 Å². The summed E-state index contributed by atoms with van der Waals surface area (Å²) in [4.78, 5) is 28.2. The van der Waals surface area contributed by atoms with Gasteiger partial charge in [0.1, 0.15) is 11.5 Å². The smallest absolute Gasteiger partial charge is 0.330 e. The summed E-state index contributed by atoms with van der Waals surface area (Å²) in [5.41, 5.74) is 5.22. The van der Waals surface area contributed by atoms with Gasteiger partial charge in [0.15, 0.2) is 0 Å². The molecule has 1 aliphatic heterocycles. The molecule has 0 aromatic carbocycles. The molecule has 0 radical (unpaired) electrons. The van der Waals surface area contributed by atoms with E-state index in [1.165, 1.54) is 4.57 Å². The van der Waals surface area contributed by atoms with Crippen molar-refractivity contribution in [2.45, 2.75) is 25.4 Å². The second kappa shape index (κ2) is 6.77. The number of likely N-dealkylation sites (tertiary alicyclic amines) is 1. The van der Waals surface area contributed by atoms with Gasteiger partial charge in [-0.05, 0) is 26.4 Å². The number of likely N-dealkylation sites (N-methyl/N-ethyl adjacent to an activating group) is 1. The van der Waals surface area contributed by atoms with Crippen molar-refractivity contribution in [1.82, 2.24) is 14.5 Å². The fourth-order valence-corrected chi connectivity index (χ4v) is 2.62. The van der Waals surface area contributed by atoms with Crippen LogP contribution in [0.5, 0.6) is 0 Å². The number of H-pyrrole nitrogens is 1. The third-order valence-electron chi connectivity index (χ3n) is 3.94. The number of methoxy groups -OCH3 is 1. The number of aromatic amines is 1. The lowest BCUT2D eigenvalue weighted by molar-refractivity contribution is 0.186. The van der Waals surface area contributed by atoms with E-state index >= 15 is 0 Å². The van der Waals surface area contributed by atoms with Gasteiger partial charge in [-0.25, -0.2) is 4.79 Å². The van der Waals surface area contributed by atoms with Crippen LogP contribution in [0.25, 0.3) is 0 Å². The number of aromatic nitrogens is 2. The van der Waals surface area contributed by atoms with Gasteiger partial charge >= 0.3 is 5.69 Å². The molecule has 8 nitrogen and oxygen atoms in total. The SMILES string of the molecule is COCCn1c(N)c(NCC2CCCN2C)c(=O)[nH]c1=O. The molecule has 2 rings (SSSR count). The summed E-state index contributed by atoms with van der Waals surface area (Å²) in [7, 11) is 3.61. The van der Waals surface area contributed by atoms with Gasteiger partial charge in [0, 0.05) is 19.7 Å². The first-order valence-corrected chi connectivity index (χ1v) is 7.10. The maximum absolute atomic E-state index is 11.9. The van der Waals surface area contributed by atoms with Gasteiger partial charge in [0.05, 0.1) is 13.2 Å². The van der Waals surface area contributed by atoms with Gasteiger partial charge in [-0.15, -0.1) is 0 Å². The Morgan fingerprint density at radius 2 is 2.24 bits per heavy atom. The molecule has 0 saturated carbocycles. The predicted molar refractivity (Wildman–Crippen MR) is 81.8 cm³/mol. The summed E-state index contributed by atoms with van der Waals surface area (Å²) in [5.74, 6) is 0.154. The molecule has 1 aromatic heterocycles. The van der Waals surface area contributed by atoms with E-state index in [0.717, 1.165) is 19.4 Å². The van der Waals surface area contributed by atoms with Crippen molar-refractivity contribution in [2.24, 2.45) is 0 Å². The van der Waals surface area contributed by atoms with Crippen molar-refractivity contribution in [2.75, 3.05) is 44.9 Å². The van der Waals surface area contributed by atoms with Gasteiger partial charge in [-0.3, -0.25) is 14.3 Å². The van der Waals surface area contributed by atoms with E-state index in [-0.39, 0.29) is 11.5 Å². The fourth-order valence-electron chi connectivity index (χ4n) is 2.62. The van der Waals surface area contributed by atoms with Crippen LogP contribution < -0.4 is 22.3 Å². The highest BCUT2D eigenvalue weighted by molar-refractivity contribution is 5.60. The Balaban J connectivity index is 2.18. The van der Waals surface area contributed by atoms with Gasteiger partial charge < -0.3 is 20.7 Å². The minimum absolute atomic E-state index is 0.154. The number of nitrogen functional groups attached to an aromatic ring is 1. The van der Waals surface area contributed by atoms with E-state index in [0.29, 0.717) is 25.7 Å². The topological polar surface area (TPSA) is 105 Å². The Bertz CT molecular complexity index is 594. The summed E-state index contributed by atoms with van der Waals surface area (Å²) in [6, 6.07) is 0.378. The second-order valence-electron chi connectivity index (χ2n) is 5.32. The summed E-state index contributed by atoms with van der Waals surface area (Å²) >= 11 is 0. The fraction of sp³-hybridized carbons (Fsp3) is 0.692. The van der Waals surface area contributed by atoms with Crippen molar-refractivity contribution in [3.63, 3.8) is 0 Å². The van der Waals surface area contributed by atoms with Gasteiger partial charge in [0.2, 0.25) is 0 Å². The van der Waals surface area contributed by atoms with Crippen LogP contribution in [0.3, 0.4) is 0 Å². The van der Waals surface area contributed by atoms with E-state index in [2.05, 4.69) is 22.2 Å². The average molecular weight is 297 g/mol. The molecule has 0 bridgehead atoms. The number of hydrogen-bond acceptors (Lipinski definition) is 6. The zero-order chi connectivity index (χ0) is 15.4. The molecule has 8 heteroatoms. The van der Waals surface area contributed by atoms with E-state index in [9.17, 15) is 9.59 Å². The Kier molecular flexibility index (Phi) is 5.03. The van der Waals surface area contributed by atoms with E-state index in [1.807, 2.05) is 0 Å². The van der Waals surface area contributed by atoms with Crippen molar-refractivity contribution in [3.8, 4) is 0 Å². The van der Waals surface area contributed by atoms with Crippen molar-refractivity contribution >= 4 is 11.5 Å². The zero-order valence-electron chi connectivity index (χ0n) is 12.5. The largest absolute Gasteiger partial charge is 0.383 e. The molecule has 1 aliphatic rings. The first kappa shape index (κ1) is 15.6. The lowest BCUT2D eigenvalue weighted by Crippen LogP contribution is -2.37. The summed E-state index contributed by atoms with van der Waals surface area (Å²) in [6.07, 6.45) is 2.24. The Morgan fingerprint density at radius 3 is 2.86 bits per heavy atom. The summed E-state index contributed by atoms with van der Waals surface area (Å²) in [5, 5.41) is 3.09. The van der Waals surface area contributed by atoms with E-state index < -0.39 is 11.2 Å². The van der Waals surface area contributed by atoms with Gasteiger partial charge in [-0.1, -0.05) is 0 Å². The number of rotatable bonds is 6. The highest BCUT2D eigenvalue weighted by Gasteiger charge is 2.21. The summed E-state index contributed by atoms with van der Waals surface area (Å²) in [6.45, 7) is 2.34. The maximum Gasteiger partial charge on any atom is 0.330 e. The molecule has 1 atom stereocenters. The number of anilines is 2. The molecule has 0 amide bonds. The predicted octanol–water partition coefficient (Wildman–Crippen LogP) is -0.729. The monoisotopic (exact) mass is 297 g/mol. The Labute approximate surface area is 122 Å². The van der Waals surface area contributed by atoms with Gasteiger partial charge in [-0.2, -0.15) is 0 Å². The molecular weight excluding hydrogens is 274 g/mol. The number of hydrogen-bond donors (Lipinski definition) is 3. The molecule has 4 N–H and O–H groups in total. The van der Waals surface area contributed by atoms with Crippen LogP contribution in [0.1, 0.15) is 12.8 Å². The minimum Gasteiger partial charge on any atom is -0.383 e. The Hall–Kier alpha value is -1.80. The van der Waals surface area contributed by atoms with E-state index in [1.54, 1.807) is 7.11 Å². The van der Waals surface area contributed by atoms with Gasteiger partial charge in [0.25, 0.3) is 5.56 Å². The van der Waals surface area contributed by atoms with Crippen LogP contribution in [0, 0.1) is 0 Å². The van der Waals surface area contributed by atoms with Crippen LogP contribution in [-0.2, 0) is 11.3 Å². The Morgan fingerprint density at radius 1 is 1.48 bits per heavy atom. The van der Waals surface area contributed by atoms with Crippen molar-refractivity contribution < 1.29 is 4.74 Å². The van der Waals surface area contributed by atoms with Crippen LogP contribution in [0.2, 0.25) is 0 Å². The number of ether oxygens (including phenoxy) is 1. The highest BCUT2D eigenvalue weighted by atomic mass is 16.5. The molecule has 2 heterocycles. The van der Waals surface area contributed by atoms with Crippen molar-refractivity contribution in [1.29, 1.82) is 0 Å². The van der Waals surface area contributed by atoms with E-state index in [4.69, 9.17) is 10.5 Å². The third kappa shape index (κ3) is 3.45. The minimum atomic E-state index is -0.516. The molecule has 0 spiro atoms. The number of nitrogens with one attached hydrogen (secondary N) is 2. The lowest BCUT2D eigenvalue weighted by Gasteiger charge is -2.21. The quantitative estimate of drug-likeness (QED) is 0.639. The second-order valence-corrected chi connectivity index (χ2v) is 5.32. The summed E-state index contributed by atoms with van der Waals surface area (Å²) < 4.78 is 6.26. The van der Waals surface area contributed by atoms with Crippen LogP contribution >= 0.6 is 0 Å². The maximum atomic E-state index is 11.9. The lowest BCUT2D eigenvalue weighted by atomic mass is 10.2. The third-order valence-corrected chi connectivity index (χ3v) is 3.94. The molecule has 1 unspecified atom stereocenters. The number of nitrogens with two attached hydrogens (primary N) is 1. The molecule has 0 aliphatic carbocycles. The molecule has 1 aromatic rings. The standard InChI is InChI=1S/C13H23N5O3/c1-17-5-3-4-9(17)8-15-10-11(14)18(6-7-21-2)13(20)16-12(10)19/h9,15H,3-8,14H2,1-2H3,(H,16,19,20). The highest BCUT2D eigenvalue weighted by Crippen LogP contribution is 2.16. The molecule has 1 fully saturated rings. The first-order valence-electron chi connectivity index (χ1n) is 7.10. The van der Waals surface area contributed by atoms with Crippen LogP contribution in [0.15, 0.2) is 9.59 Å². The first-order chi connectivity index (χ1) is 10.0. The normalized spacial score (nSPS) is 19.0. The van der Waals surface area contributed by atoms with Crippen LogP contribution in [-0.4, -0.2) is 54.3 Å². The number of nitrogens with zero attached hydrogens (tertiary/aromatic N) is 2. The van der Waals surface area contributed by atoms with Crippen LogP contribution in [0.4, 0.5) is 11.5 Å². The molecular formula is C13H23N5O3. The average Bonchev–Trinajstić information content (AvgIpc) is 2.84. The zero-order valence-corrected chi connectivity index (χ0v) is 12.5.